The van der Waals surface area contributed by atoms with Crippen LogP contribution in [0.3, 0.4) is 0 Å². The maximum Gasteiger partial charge on any atom is 0.303 e. The van der Waals surface area contributed by atoms with E-state index in [9.17, 15) is 20.0 Å². The molecule has 0 bridgehead atoms. The van der Waals surface area contributed by atoms with Crippen LogP contribution in [-0.4, -0.2) is 26.9 Å². The van der Waals surface area contributed by atoms with Gasteiger partial charge in [0, 0.05) is 21.6 Å². The summed E-state index contributed by atoms with van der Waals surface area (Å²) in [5, 5.41) is 29.0. The molecule has 0 unspecified atom stereocenters. The Morgan fingerprint density at radius 3 is 2.48 bits per heavy atom. The summed E-state index contributed by atoms with van der Waals surface area (Å²) in [5.74, 6) is -2.25. The van der Waals surface area contributed by atoms with Gasteiger partial charge in [0.05, 0.1) is 11.9 Å². The lowest BCUT2D eigenvalue weighted by Gasteiger charge is -2.11. The summed E-state index contributed by atoms with van der Waals surface area (Å²) in [7, 11) is 0. The Labute approximate surface area is 159 Å². The van der Waals surface area contributed by atoms with E-state index in [1.807, 2.05) is 42.5 Å². The highest BCUT2D eigenvalue weighted by atomic mass is 32.2. The van der Waals surface area contributed by atoms with Gasteiger partial charge in [-0.15, -0.1) is 0 Å². The van der Waals surface area contributed by atoms with Crippen molar-refractivity contribution in [3.8, 4) is 11.8 Å². The maximum atomic E-state index is 12.3. The number of benzene rings is 2. The first-order chi connectivity index (χ1) is 13.0. The Balaban J connectivity index is 2.14. The summed E-state index contributed by atoms with van der Waals surface area (Å²) in [6, 6.07) is 16.7. The molecule has 0 spiro atoms. The van der Waals surface area contributed by atoms with Gasteiger partial charge in [-0.1, -0.05) is 42.1 Å². The number of carbonyl (C=O) groups excluding carboxylic acids is 1. The van der Waals surface area contributed by atoms with Crippen molar-refractivity contribution < 1.29 is 19.8 Å². The molecular weight excluding hydrogens is 364 g/mol. The van der Waals surface area contributed by atoms with Crippen molar-refractivity contribution in [3.63, 3.8) is 0 Å². The van der Waals surface area contributed by atoms with Gasteiger partial charge >= 0.3 is 5.97 Å². The summed E-state index contributed by atoms with van der Waals surface area (Å²) < 4.78 is 0. The Bertz CT molecular complexity index is 1070. The van der Waals surface area contributed by atoms with E-state index in [0.717, 1.165) is 9.79 Å². The van der Waals surface area contributed by atoms with Crippen LogP contribution in [0.2, 0.25) is 0 Å². The molecule has 0 aliphatic heterocycles. The average molecular weight is 378 g/mol. The Hall–Kier alpha value is -3.37. The van der Waals surface area contributed by atoms with E-state index in [1.54, 1.807) is 12.1 Å². The topological polar surface area (TPSA) is 111 Å². The second-order valence-electron chi connectivity index (χ2n) is 5.68. The lowest BCUT2D eigenvalue weighted by molar-refractivity contribution is -0.136. The number of Topliss-reactive ketones (excluding diaryl/α,β-unsaturated/α-hetero) is 1. The first kappa shape index (κ1) is 18.4. The van der Waals surface area contributed by atoms with Crippen molar-refractivity contribution >= 4 is 34.4 Å². The minimum atomic E-state index is -1.12. The molecule has 1 aromatic heterocycles. The number of pyridine rings is 1. The van der Waals surface area contributed by atoms with Crippen LogP contribution in [0.1, 0.15) is 28.9 Å². The molecule has 2 aromatic carbocycles. The third-order valence-corrected chi connectivity index (χ3v) is 4.92. The molecule has 0 saturated carbocycles. The number of carboxylic acids is 1. The summed E-state index contributed by atoms with van der Waals surface area (Å²) in [5.41, 5.74) is 0.0926. The maximum absolute atomic E-state index is 12.3. The summed E-state index contributed by atoms with van der Waals surface area (Å²) in [6.45, 7) is 0. The van der Waals surface area contributed by atoms with Crippen LogP contribution in [0.5, 0.6) is 5.75 Å². The molecular formula is C20H14N2O4S. The predicted molar refractivity (Wildman–Crippen MR) is 99.9 cm³/mol. The van der Waals surface area contributed by atoms with E-state index >= 15 is 0 Å². The van der Waals surface area contributed by atoms with Crippen LogP contribution < -0.4 is 0 Å². The number of carboxylic acid groups (broad SMARTS) is 1. The summed E-state index contributed by atoms with van der Waals surface area (Å²) >= 11 is 1.42. The number of hydrogen-bond donors (Lipinski definition) is 2. The second kappa shape index (κ2) is 7.89. The minimum absolute atomic E-state index is 0.0470. The Morgan fingerprint density at radius 1 is 1.07 bits per heavy atom. The van der Waals surface area contributed by atoms with Crippen LogP contribution >= 0.6 is 11.8 Å². The monoisotopic (exact) mass is 378 g/mol. The SMILES string of the molecule is N#Cc1c(O)c(C(=O)CCC(=O)O)nc2c(Sc3ccccc3)cccc12. The van der Waals surface area contributed by atoms with Crippen molar-refractivity contribution in [2.45, 2.75) is 22.6 Å². The van der Waals surface area contributed by atoms with Gasteiger partial charge < -0.3 is 10.2 Å². The van der Waals surface area contributed by atoms with E-state index in [1.165, 1.54) is 11.8 Å². The van der Waals surface area contributed by atoms with Crippen molar-refractivity contribution in [3.05, 3.63) is 59.8 Å². The number of nitriles is 1. The molecule has 6 nitrogen and oxygen atoms in total. The van der Waals surface area contributed by atoms with E-state index in [-0.39, 0.29) is 24.1 Å². The zero-order valence-corrected chi connectivity index (χ0v) is 14.9. The lowest BCUT2D eigenvalue weighted by Crippen LogP contribution is -2.07. The van der Waals surface area contributed by atoms with E-state index in [2.05, 4.69) is 4.98 Å². The van der Waals surface area contributed by atoms with Gasteiger partial charge in [-0.2, -0.15) is 5.26 Å². The first-order valence-corrected chi connectivity index (χ1v) is 8.86. The van der Waals surface area contributed by atoms with Crippen LogP contribution in [0.15, 0.2) is 58.3 Å². The smallest absolute Gasteiger partial charge is 0.303 e. The van der Waals surface area contributed by atoms with Gasteiger partial charge in [0.15, 0.2) is 11.5 Å². The molecule has 0 aliphatic carbocycles. The third kappa shape index (κ3) is 3.91. The highest BCUT2D eigenvalue weighted by molar-refractivity contribution is 7.99. The summed E-state index contributed by atoms with van der Waals surface area (Å²) in [6.07, 6.45) is -0.680. The fourth-order valence-corrected chi connectivity index (χ4v) is 3.54. The average Bonchev–Trinajstić information content (AvgIpc) is 2.66. The van der Waals surface area contributed by atoms with Crippen molar-refractivity contribution in [2.24, 2.45) is 0 Å². The number of ketones is 1. The van der Waals surface area contributed by atoms with Crippen molar-refractivity contribution in [1.82, 2.24) is 4.98 Å². The van der Waals surface area contributed by atoms with Gasteiger partial charge in [0.2, 0.25) is 0 Å². The van der Waals surface area contributed by atoms with Crippen molar-refractivity contribution in [2.75, 3.05) is 0 Å². The van der Waals surface area contributed by atoms with Crippen LogP contribution in [0.25, 0.3) is 10.9 Å². The molecule has 2 N–H and O–H groups in total. The number of hydrogen-bond acceptors (Lipinski definition) is 6. The minimum Gasteiger partial charge on any atom is -0.504 e. The number of aliphatic carboxylic acids is 1. The molecule has 7 heteroatoms. The van der Waals surface area contributed by atoms with E-state index < -0.39 is 17.5 Å². The zero-order valence-electron chi connectivity index (χ0n) is 14.0. The van der Waals surface area contributed by atoms with Crippen LogP contribution in [0, 0.1) is 11.3 Å². The molecule has 0 radical (unpaired) electrons. The highest BCUT2D eigenvalue weighted by Crippen LogP contribution is 2.37. The van der Waals surface area contributed by atoms with Crippen LogP contribution in [-0.2, 0) is 4.79 Å². The molecule has 27 heavy (non-hydrogen) atoms. The van der Waals surface area contributed by atoms with E-state index in [0.29, 0.717) is 10.9 Å². The molecule has 0 saturated heterocycles. The molecule has 0 atom stereocenters. The highest BCUT2D eigenvalue weighted by Gasteiger charge is 2.21. The lowest BCUT2D eigenvalue weighted by atomic mass is 10.0. The van der Waals surface area contributed by atoms with Crippen LogP contribution in [0.4, 0.5) is 0 Å². The Kier molecular flexibility index (Phi) is 5.38. The number of aromatic hydroxyl groups is 1. The molecule has 0 aliphatic rings. The number of rotatable bonds is 6. The number of carbonyl (C=O) groups is 2. The van der Waals surface area contributed by atoms with Gasteiger partial charge in [-0.25, -0.2) is 4.98 Å². The number of nitrogens with zero attached hydrogens (tertiary/aromatic N) is 2. The van der Waals surface area contributed by atoms with E-state index in [4.69, 9.17) is 5.11 Å². The number of aromatic nitrogens is 1. The zero-order chi connectivity index (χ0) is 19.4. The first-order valence-electron chi connectivity index (χ1n) is 8.05. The molecule has 1 heterocycles. The standard InChI is InChI=1S/C20H14N2O4S/c21-11-14-13-7-4-8-16(27-12-5-2-1-3-6-12)18(13)22-19(20(14)26)15(23)9-10-17(24)25/h1-8,26H,9-10H2,(H,24,25). The third-order valence-electron chi connectivity index (χ3n) is 3.87. The van der Waals surface area contributed by atoms with Crippen molar-refractivity contribution in [1.29, 1.82) is 5.26 Å². The Morgan fingerprint density at radius 2 is 1.81 bits per heavy atom. The predicted octanol–water partition coefficient (Wildman–Crippen LogP) is 4.01. The van der Waals surface area contributed by atoms with Gasteiger partial charge in [-0.05, 0) is 18.2 Å². The normalized spacial score (nSPS) is 10.5. The molecule has 3 rings (SSSR count). The number of fused-ring (bicyclic) bond motifs is 1. The van der Waals surface area contributed by atoms with Gasteiger partial charge in [0.25, 0.3) is 0 Å². The molecule has 3 aromatic rings. The van der Waals surface area contributed by atoms with Gasteiger partial charge in [-0.3, -0.25) is 9.59 Å². The van der Waals surface area contributed by atoms with Gasteiger partial charge in [0.1, 0.15) is 17.3 Å². The quantitative estimate of drug-likeness (QED) is 0.623. The molecule has 134 valence electrons. The fourth-order valence-electron chi connectivity index (χ4n) is 2.59. The fraction of sp³-hybridized carbons (Fsp3) is 0.100. The second-order valence-corrected chi connectivity index (χ2v) is 6.80. The molecule has 0 fully saturated rings. The summed E-state index contributed by atoms with van der Waals surface area (Å²) in [4.78, 5) is 29.0. The largest absolute Gasteiger partial charge is 0.504 e. The number of para-hydroxylation sites is 1. The molecule has 0 amide bonds.